The maximum absolute atomic E-state index is 11.6. The minimum absolute atomic E-state index is 0.175. The van der Waals surface area contributed by atoms with Crippen LogP contribution in [-0.2, 0) is 14.6 Å². The Hall–Kier alpha value is -1.07. The van der Waals surface area contributed by atoms with Crippen molar-refractivity contribution in [3.8, 4) is 0 Å². The molecule has 0 aliphatic rings. The molecule has 4 nitrogen and oxygen atoms in total. The third-order valence-electron chi connectivity index (χ3n) is 2.21. The van der Waals surface area contributed by atoms with Gasteiger partial charge in [0, 0.05) is 23.7 Å². The molecule has 1 N–H and O–H groups in total. The lowest BCUT2D eigenvalue weighted by molar-refractivity contribution is -0.118. The number of sulfone groups is 1. The molecule has 1 aromatic rings. The Morgan fingerprint density at radius 1 is 1.47 bits per heavy atom. The van der Waals surface area contributed by atoms with E-state index in [1.165, 1.54) is 12.1 Å². The molecule has 6 heteroatoms. The molecule has 0 radical (unpaired) electrons. The molecule has 94 valence electrons. The van der Waals surface area contributed by atoms with Gasteiger partial charge in [-0.3, -0.25) is 4.79 Å². The quantitative estimate of drug-likeness (QED) is 0.854. The van der Waals surface area contributed by atoms with Crippen molar-refractivity contribution in [1.29, 1.82) is 0 Å². The van der Waals surface area contributed by atoms with Gasteiger partial charge in [-0.1, -0.05) is 13.0 Å². The lowest BCUT2D eigenvalue weighted by Crippen LogP contribution is -2.21. The third kappa shape index (κ3) is 4.02. The standard InChI is InChI=1S/C11H14ClNO3S/c1-8(7-12)11(14)13-9-4-3-5-10(6-9)17(2,15)16/h3-6,8H,7H2,1-2H3,(H,13,14). The number of benzene rings is 1. The van der Waals surface area contributed by atoms with E-state index in [9.17, 15) is 13.2 Å². The molecular weight excluding hydrogens is 262 g/mol. The summed E-state index contributed by atoms with van der Waals surface area (Å²) >= 11 is 5.56. The van der Waals surface area contributed by atoms with Crippen molar-refractivity contribution in [1.82, 2.24) is 0 Å². The highest BCUT2D eigenvalue weighted by Crippen LogP contribution is 2.16. The summed E-state index contributed by atoms with van der Waals surface area (Å²) in [6, 6.07) is 6.12. The van der Waals surface area contributed by atoms with E-state index in [-0.39, 0.29) is 22.6 Å². The average molecular weight is 276 g/mol. The third-order valence-corrected chi connectivity index (χ3v) is 3.78. The van der Waals surface area contributed by atoms with E-state index in [1.807, 2.05) is 0 Å². The second kappa shape index (κ2) is 5.51. The van der Waals surface area contributed by atoms with Gasteiger partial charge < -0.3 is 5.32 Å². The Morgan fingerprint density at radius 2 is 2.12 bits per heavy atom. The fraction of sp³-hybridized carbons (Fsp3) is 0.364. The van der Waals surface area contributed by atoms with Crippen LogP contribution in [0.5, 0.6) is 0 Å². The van der Waals surface area contributed by atoms with Crippen molar-refractivity contribution in [2.24, 2.45) is 5.92 Å². The molecule has 0 heterocycles. The lowest BCUT2D eigenvalue weighted by atomic mass is 10.2. The van der Waals surface area contributed by atoms with Gasteiger partial charge in [-0.25, -0.2) is 8.42 Å². The van der Waals surface area contributed by atoms with Crippen LogP contribution in [0.3, 0.4) is 0 Å². The molecule has 1 unspecified atom stereocenters. The molecule has 1 aromatic carbocycles. The largest absolute Gasteiger partial charge is 0.326 e. The summed E-state index contributed by atoms with van der Waals surface area (Å²) in [5.41, 5.74) is 0.454. The van der Waals surface area contributed by atoms with Crippen LogP contribution in [0.25, 0.3) is 0 Å². The van der Waals surface area contributed by atoms with Crippen LogP contribution in [0, 0.1) is 5.92 Å². The Bertz CT molecular complexity index is 513. The number of anilines is 1. The van der Waals surface area contributed by atoms with E-state index < -0.39 is 9.84 Å². The zero-order valence-corrected chi connectivity index (χ0v) is 11.2. The van der Waals surface area contributed by atoms with Crippen LogP contribution in [0.15, 0.2) is 29.2 Å². The molecule has 0 aliphatic carbocycles. The van der Waals surface area contributed by atoms with Crippen LogP contribution in [0.4, 0.5) is 5.69 Å². The fourth-order valence-corrected chi connectivity index (χ4v) is 1.95. The average Bonchev–Trinajstić information content (AvgIpc) is 2.27. The van der Waals surface area contributed by atoms with Crippen LogP contribution >= 0.6 is 11.6 Å². The number of nitrogens with one attached hydrogen (secondary N) is 1. The summed E-state index contributed by atoms with van der Waals surface area (Å²) < 4.78 is 22.7. The highest BCUT2D eigenvalue weighted by atomic mass is 35.5. The Labute approximate surface area is 106 Å². The summed E-state index contributed by atoms with van der Waals surface area (Å²) in [7, 11) is -3.26. The molecule has 0 aliphatic heterocycles. The first kappa shape index (κ1) is 14.0. The molecule has 1 rings (SSSR count). The fourth-order valence-electron chi connectivity index (χ4n) is 1.14. The predicted octanol–water partition coefficient (Wildman–Crippen LogP) is 1.90. The first-order chi connectivity index (χ1) is 7.84. The van der Waals surface area contributed by atoms with E-state index in [2.05, 4.69) is 5.32 Å². The Balaban J connectivity index is 2.91. The minimum Gasteiger partial charge on any atom is -0.326 e. The summed E-state index contributed by atoms with van der Waals surface area (Å²) in [6.07, 6.45) is 1.12. The number of hydrogen-bond donors (Lipinski definition) is 1. The molecule has 0 spiro atoms. The Kier molecular flexibility index (Phi) is 4.54. The van der Waals surface area contributed by atoms with Gasteiger partial charge in [-0.05, 0) is 18.2 Å². The van der Waals surface area contributed by atoms with E-state index in [0.717, 1.165) is 6.26 Å². The number of halogens is 1. The number of alkyl halides is 1. The minimum atomic E-state index is -3.26. The molecule has 0 fully saturated rings. The van der Waals surface area contributed by atoms with Gasteiger partial charge in [-0.15, -0.1) is 11.6 Å². The topological polar surface area (TPSA) is 63.2 Å². The van der Waals surface area contributed by atoms with Crippen molar-refractivity contribution in [3.63, 3.8) is 0 Å². The lowest BCUT2D eigenvalue weighted by Gasteiger charge is -2.09. The molecule has 0 saturated heterocycles. The number of hydrogen-bond acceptors (Lipinski definition) is 3. The van der Waals surface area contributed by atoms with Crippen molar-refractivity contribution in [2.75, 3.05) is 17.5 Å². The first-order valence-corrected chi connectivity index (χ1v) is 7.44. The summed E-state index contributed by atoms with van der Waals surface area (Å²) in [4.78, 5) is 11.7. The van der Waals surface area contributed by atoms with Gasteiger partial charge in [0.25, 0.3) is 0 Å². The highest BCUT2D eigenvalue weighted by Gasteiger charge is 2.13. The van der Waals surface area contributed by atoms with E-state index in [1.54, 1.807) is 19.1 Å². The van der Waals surface area contributed by atoms with Gasteiger partial charge in [-0.2, -0.15) is 0 Å². The van der Waals surface area contributed by atoms with Crippen LogP contribution in [-0.4, -0.2) is 26.5 Å². The van der Waals surface area contributed by atoms with Gasteiger partial charge in [0.05, 0.1) is 4.90 Å². The maximum Gasteiger partial charge on any atom is 0.228 e. The van der Waals surface area contributed by atoms with E-state index in [4.69, 9.17) is 11.6 Å². The summed E-state index contributed by atoms with van der Waals surface area (Å²) in [5, 5.41) is 2.62. The van der Waals surface area contributed by atoms with Gasteiger partial charge in [0.2, 0.25) is 5.91 Å². The Morgan fingerprint density at radius 3 is 2.65 bits per heavy atom. The second-order valence-corrected chi connectivity index (χ2v) is 6.17. The van der Waals surface area contributed by atoms with Gasteiger partial charge in [0.15, 0.2) is 9.84 Å². The molecule has 0 saturated carbocycles. The maximum atomic E-state index is 11.6. The monoisotopic (exact) mass is 275 g/mol. The van der Waals surface area contributed by atoms with E-state index >= 15 is 0 Å². The first-order valence-electron chi connectivity index (χ1n) is 5.01. The van der Waals surface area contributed by atoms with Crippen LogP contribution in [0.2, 0.25) is 0 Å². The molecule has 0 bridgehead atoms. The van der Waals surface area contributed by atoms with Crippen molar-refractivity contribution in [3.05, 3.63) is 24.3 Å². The molecule has 1 atom stereocenters. The SMILES string of the molecule is CC(CCl)C(=O)Nc1cccc(S(C)(=O)=O)c1. The number of carbonyl (C=O) groups is 1. The zero-order chi connectivity index (χ0) is 13.1. The molecule has 0 aromatic heterocycles. The summed E-state index contributed by atoms with van der Waals surface area (Å²) in [5.74, 6) is -0.332. The number of amides is 1. The molecule has 17 heavy (non-hydrogen) atoms. The second-order valence-electron chi connectivity index (χ2n) is 3.84. The molecule has 1 amide bonds. The highest BCUT2D eigenvalue weighted by molar-refractivity contribution is 7.90. The smallest absolute Gasteiger partial charge is 0.228 e. The van der Waals surface area contributed by atoms with E-state index in [0.29, 0.717) is 5.69 Å². The van der Waals surface area contributed by atoms with Crippen LogP contribution < -0.4 is 5.32 Å². The number of carbonyl (C=O) groups excluding carboxylic acids is 1. The normalized spacial score (nSPS) is 13.1. The van der Waals surface area contributed by atoms with Crippen LogP contribution in [0.1, 0.15) is 6.92 Å². The van der Waals surface area contributed by atoms with Gasteiger partial charge >= 0.3 is 0 Å². The number of rotatable bonds is 4. The van der Waals surface area contributed by atoms with Crippen molar-refractivity contribution in [2.45, 2.75) is 11.8 Å². The van der Waals surface area contributed by atoms with Crippen molar-refractivity contribution < 1.29 is 13.2 Å². The van der Waals surface area contributed by atoms with Crippen molar-refractivity contribution >= 4 is 33.0 Å². The zero-order valence-electron chi connectivity index (χ0n) is 9.60. The van der Waals surface area contributed by atoms with Gasteiger partial charge in [0.1, 0.15) is 0 Å². The summed E-state index contributed by atoms with van der Waals surface area (Å²) in [6.45, 7) is 1.70. The predicted molar refractivity (Wildman–Crippen MR) is 68.1 cm³/mol. The molecular formula is C11H14ClNO3S.